The number of ether oxygens (including phenoxy) is 2. The number of benzene rings is 1. The highest BCUT2D eigenvalue weighted by molar-refractivity contribution is 5.89. The second-order valence-corrected chi connectivity index (χ2v) is 7.15. The topological polar surface area (TPSA) is 55.8 Å². The first-order valence-corrected chi connectivity index (χ1v) is 7.95. The Morgan fingerprint density at radius 1 is 1.30 bits per heavy atom. The molecule has 1 aromatic rings. The summed E-state index contributed by atoms with van der Waals surface area (Å²) in [4.78, 5) is 24.3. The molecule has 1 fully saturated rings. The normalized spacial score (nSPS) is 18.0. The Morgan fingerprint density at radius 2 is 1.96 bits per heavy atom. The van der Waals surface area contributed by atoms with E-state index in [1.165, 1.54) is 12.5 Å². The molecule has 5 nitrogen and oxygen atoms in total. The largest absolute Gasteiger partial charge is 0.462 e. The van der Waals surface area contributed by atoms with Crippen molar-refractivity contribution in [2.75, 3.05) is 18.1 Å². The fraction of sp³-hybridized carbons (Fsp3) is 0.556. The molecule has 1 aliphatic heterocycles. The molecule has 0 radical (unpaired) electrons. The Labute approximate surface area is 137 Å². The van der Waals surface area contributed by atoms with Crippen molar-refractivity contribution in [3.05, 3.63) is 29.8 Å². The number of cyclic esters (lactones) is 1. The fourth-order valence-corrected chi connectivity index (χ4v) is 2.39. The van der Waals surface area contributed by atoms with E-state index in [0.29, 0.717) is 12.0 Å². The second-order valence-electron chi connectivity index (χ2n) is 7.15. The van der Waals surface area contributed by atoms with Gasteiger partial charge in [-0.15, -0.1) is 0 Å². The maximum Gasteiger partial charge on any atom is 0.414 e. The van der Waals surface area contributed by atoms with Crippen molar-refractivity contribution < 1.29 is 19.1 Å². The molecule has 0 aromatic heterocycles. The molecule has 2 rings (SSSR count). The number of nitrogens with zero attached hydrogens (tertiary/aromatic N) is 1. The molecule has 0 aliphatic carbocycles. The molecule has 1 aliphatic rings. The van der Waals surface area contributed by atoms with Crippen molar-refractivity contribution in [3.8, 4) is 0 Å². The van der Waals surface area contributed by atoms with E-state index in [9.17, 15) is 9.59 Å². The van der Waals surface area contributed by atoms with Crippen LogP contribution in [0.1, 0.15) is 39.7 Å². The highest BCUT2D eigenvalue weighted by Gasteiger charge is 2.32. The van der Waals surface area contributed by atoms with Gasteiger partial charge in [-0.2, -0.15) is 0 Å². The van der Waals surface area contributed by atoms with Gasteiger partial charge >= 0.3 is 12.1 Å². The Bertz CT molecular complexity index is 559. The number of esters is 1. The van der Waals surface area contributed by atoms with Crippen LogP contribution in [0.3, 0.4) is 0 Å². The second kappa shape index (κ2) is 7.02. The van der Waals surface area contributed by atoms with Crippen LogP contribution in [0.4, 0.5) is 10.5 Å². The number of carbonyl (C=O) groups excluding carboxylic acids is 2. The molecule has 1 amide bonds. The molecule has 1 heterocycles. The number of carbonyl (C=O) groups is 2. The highest BCUT2D eigenvalue weighted by atomic mass is 16.6. The summed E-state index contributed by atoms with van der Waals surface area (Å²) in [6, 6.07) is 7.97. The van der Waals surface area contributed by atoms with Gasteiger partial charge in [-0.25, -0.2) is 4.79 Å². The van der Waals surface area contributed by atoms with E-state index in [1.54, 1.807) is 4.90 Å². The zero-order valence-corrected chi connectivity index (χ0v) is 14.3. The molecule has 0 N–H and O–H groups in total. The Kier molecular flexibility index (Phi) is 5.29. The molecular formula is C18H25NO4. The molecular weight excluding hydrogens is 294 g/mol. The van der Waals surface area contributed by atoms with Crippen molar-refractivity contribution >= 4 is 17.7 Å². The van der Waals surface area contributed by atoms with Crippen LogP contribution in [0.25, 0.3) is 0 Å². The number of hydrogen-bond donors (Lipinski definition) is 0. The molecule has 1 unspecified atom stereocenters. The molecule has 5 heteroatoms. The fourth-order valence-electron chi connectivity index (χ4n) is 2.39. The lowest BCUT2D eigenvalue weighted by Gasteiger charge is -2.18. The third-order valence-corrected chi connectivity index (χ3v) is 3.76. The maximum absolute atomic E-state index is 11.9. The molecule has 23 heavy (non-hydrogen) atoms. The van der Waals surface area contributed by atoms with Crippen LogP contribution in [0.5, 0.6) is 0 Å². The van der Waals surface area contributed by atoms with E-state index in [4.69, 9.17) is 9.47 Å². The Balaban J connectivity index is 1.94. The molecule has 126 valence electrons. The zero-order valence-electron chi connectivity index (χ0n) is 14.3. The van der Waals surface area contributed by atoms with Crippen molar-refractivity contribution in [1.29, 1.82) is 0 Å². The monoisotopic (exact) mass is 319 g/mol. The van der Waals surface area contributed by atoms with Crippen LogP contribution < -0.4 is 4.90 Å². The molecule has 0 bridgehead atoms. The van der Waals surface area contributed by atoms with Crippen LogP contribution in [0.15, 0.2) is 24.3 Å². The minimum atomic E-state index is -0.410. The molecule has 1 saturated heterocycles. The smallest absolute Gasteiger partial charge is 0.414 e. The summed E-state index contributed by atoms with van der Waals surface area (Å²) in [5.41, 5.74) is 2.37. The average molecular weight is 319 g/mol. The van der Waals surface area contributed by atoms with Crippen molar-refractivity contribution in [3.63, 3.8) is 0 Å². The van der Waals surface area contributed by atoms with Gasteiger partial charge in [0.05, 0.1) is 6.54 Å². The third-order valence-electron chi connectivity index (χ3n) is 3.76. The number of aryl methyl sites for hydroxylation is 1. The first-order chi connectivity index (χ1) is 10.7. The first-order valence-electron chi connectivity index (χ1n) is 7.95. The lowest BCUT2D eigenvalue weighted by molar-refractivity contribution is -0.143. The van der Waals surface area contributed by atoms with Crippen molar-refractivity contribution in [2.45, 2.75) is 46.6 Å². The van der Waals surface area contributed by atoms with Gasteiger partial charge in [-0.05, 0) is 36.0 Å². The van der Waals surface area contributed by atoms with Gasteiger partial charge in [-0.3, -0.25) is 9.69 Å². The Morgan fingerprint density at radius 3 is 2.52 bits per heavy atom. The van der Waals surface area contributed by atoms with Crippen LogP contribution in [-0.4, -0.2) is 31.3 Å². The number of rotatable bonds is 5. The first kappa shape index (κ1) is 17.3. The van der Waals surface area contributed by atoms with Gasteiger partial charge in [0.15, 0.2) is 6.10 Å². The van der Waals surface area contributed by atoms with Crippen molar-refractivity contribution in [2.24, 2.45) is 5.41 Å². The van der Waals surface area contributed by atoms with E-state index >= 15 is 0 Å². The predicted molar refractivity (Wildman–Crippen MR) is 88.5 cm³/mol. The van der Waals surface area contributed by atoms with Gasteiger partial charge in [0, 0.05) is 12.6 Å². The van der Waals surface area contributed by atoms with Crippen LogP contribution in [0.2, 0.25) is 0 Å². The summed E-state index contributed by atoms with van der Waals surface area (Å²) in [5, 5.41) is 0. The average Bonchev–Trinajstić information content (AvgIpc) is 2.84. The summed E-state index contributed by atoms with van der Waals surface area (Å²) in [6.07, 6.45) is 1.32. The lowest BCUT2D eigenvalue weighted by Crippen LogP contribution is -2.26. The number of hydrogen-bond acceptors (Lipinski definition) is 4. The van der Waals surface area contributed by atoms with Crippen molar-refractivity contribution in [1.82, 2.24) is 0 Å². The van der Waals surface area contributed by atoms with Crippen LogP contribution in [-0.2, 0) is 20.7 Å². The van der Waals surface area contributed by atoms with Gasteiger partial charge in [0.1, 0.15) is 6.61 Å². The van der Waals surface area contributed by atoms with E-state index in [2.05, 4.69) is 20.8 Å². The van der Waals surface area contributed by atoms with Gasteiger partial charge < -0.3 is 9.47 Å². The maximum atomic E-state index is 11.9. The summed E-state index contributed by atoms with van der Waals surface area (Å²) >= 11 is 0. The number of amides is 1. The van der Waals surface area contributed by atoms with E-state index in [-0.39, 0.29) is 12.6 Å². The van der Waals surface area contributed by atoms with E-state index in [1.807, 2.05) is 24.3 Å². The molecule has 0 saturated carbocycles. The molecule has 0 spiro atoms. The van der Waals surface area contributed by atoms with Crippen LogP contribution >= 0.6 is 0 Å². The summed E-state index contributed by atoms with van der Waals surface area (Å²) in [7, 11) is 0. The summed E-state index contributed by atoms with van der Waals surface area (Å²) in [5.74, 6) is -0.372. The predicted octanol–water partition coefficient (Wildman–Crippen LogP) is 3.55. The quantitative estimate of drug-likeness (QED) is 0.779. The van der Waals surface area contributed by atoms with E-state index in [0.717, 1.165) is 18.5 Å². The van der Waals surface area contributed by atoms with E-state index < -0.39 is 12.2 Å². The number of anilines is 1. The zero-order chi connectivity index (χ0) is 17.0. The minimum absolute atomic E-state index is 0.0985. The standard InChI is InChI=1S/C18H25NO4/c1-13(20)22-12-16-11-19(17(21)23-16)15-7-5-14(6-8-15)9-10-18(2,3)4/h5-8,16H,9-12H2,1-4H3. The molecule has 1 aromatic carbocycles. The molecule has 1 atom stereocenters. The summed E-state index contributed by atoms with van der Waals surface area (Å²) < 4.78 is 10.1. The highest BCUT2D eigenvalue weighted by Crippen LogP contribution is 2.25. The summed E-state index contributed by atoms with van der Waals surface area (Å²) in [6.45, 7) is 8.51. The SMILES string of the molecule is CC(=O)OCC1CN(c2ccc(CCC(C)(C)C)cc2)C(=O)O1. The van der Waals surface area contributed by atoms with Gasteiger partial charge in [0.25, 0.3) is 0 Å². The van der Waals surface area contributed by atoms with Crippen LogP contribution in [0, 0.1) is 5.41 Å². The lowest BCUT2D eigenvalue weighted by atomic mass is 9.89. The third kappa shape index (κ3) is 5.27. The Hall–Kier alpha value is -2.04. The minimum Gasteiger partial charge on any atom is -0.462 e. The van der Waals surface area contributed by atoms with Gasteiger partial charge in [-0.1, -0.05) is 32.9 Å². The van der Waals surface area contributed by atoms with Gasteiger partial charge in [0.2, 0.25) is 0 Å².